The van der Waals surface area contributed by atoms with Crippen molar-refractivity contribution in [1.29, 1.82) is 0 Å². The SMILES string of the molecule is CC1=C(C(=O)N(C)[C@@H](C)c2ccccc2)[C@@H](C)N(C)c2ccccc21. The van der Waals surface area contributed by atoms with Crippen LogP contribution in [0.25, 0.3) is 5.57 Å². The van der Waals surface area contributed by atoms with Crippen LogP contribution in [-0.4, -0.2) is 30.9 Å². The molecule has 0 spiro atoms. The lowest BCUT2D eigenvalue weighted by atomic mass is 9.89. The van der Waals surface area contributed by atoms with Crippen LogP contribution in [0, 0.1) is 0 Å². The van der Waals surface area contributed by atoms with E-state index >= 15 is 0 Å². The second-order valence-electron chi connectivity index (χ2n) is 6.85. The molecule has 0 N–H and O–H groups in total. The Kier molecular flexibility index (Phi) is 4.67. The number of likely N-dealkylation sites (N-methyl/N-ethyl adjacent to an activating group) is 2. The van der Waals surface area contributed by atoms with Gasteiger partial charge in [-0.1, -0.05) is 48.5 Å². The van der Waals surface area contributed by atoms with Gasteiger partial charge in [-0.15, -0.1) is 0 Å². The number of hydrogen-bond donors (Lipinski definition) is 0. The number of benzene rings is 2. The molecule has 0 bridgehead atoms. The smallest absolute Gasteiger partial charge is 0.252 e. The number of anilines is 1. The van der Waals surface area contributed by atoms with E-state index in [2.05, 4.69) is 57.0 Å². The van der Waals surface area contributed by atoms with Crippen molar-refractivity contribution in [2.24, 2.45) is 0 Å². The van der Waals surface area contributed by atoms with Crippen LogP contribution in [0.15, 0.2) is 60.2 Å². The number of allylic oxidation sites excluding steroid dienone is 1. The minimum absolute atomic E-state index is 0.0312. The Morgan fingerprint density at radius 2 is 1.68 bits per heavy atom. The number of carbonyl (C=O) groups excluding carboxylic acids is 1. The maximum Gasteiger partial charge on any atom is 0.252 e. The van der Waals surface area contributed by atoms with E-state index in [-0.39, 0.29) is 18.0 Å². The molecule has 2 aromatic carbocycles. The summed E-state index contributed by atoms with van der Waals surface area (Å²) in [4.78, 5) is 17.4. The van der Waals surface area contributed by atoms with Crippen LogP contribution in [0.5, 0.6) is 0 Å². The molecule has 0 fully saturated rings. The van der Waals surface area contributed by atoms with Crippen molar-refractivity contribution >= 4 is 17.2 Å². The Morgan fingerprint density at radius 3 is 2.36 bits per heavy atom. The number of hydrogen-bond acceptors (Lipinski definition) is 2. The summed E-state index contributed by atoms with van der Waals surface area (Å²) < 4.78 is 0. The lowest BCUT2D eigenvalue weighted by Gasteiger charge is -2.38. The van der Waals surface area contributed by atoms with Gasteiger partial charge in [-0.05, 0) is 38.0 Å². The summed E-state index contributed by atoms with van der Waals surface area (Å²) in [6.45, 7) is 6.25. The highest BCUT2D eigenvalue weighted by Gasteiger charge is 2.32. The monoisotopic (exact) mass is 334 g/mol. The van der Waals surface area contributed by atoms with E-state index in [0.717, 1.165) is 22.3 Å². The molecule has 25 heavy (non-hydrogen) atoms. The molecule has 0 aromatic heterocycles. The summed E-state index contributed by atoms with van der Waals surface area (Å²) in [6, 6.07) is 18.5. The zero-order valence-electron chi connectivity index (χ0n) is 15.7. The first-order valence-electron chi connectivity index (χ1n) is 8.78. The molecule has 2 aromatic rings. The van der Waals surface area contributed by atoms with E-state index in [1.54, 1.807) is 0 Å². The number of amides is 1. The third-order valence-electron chi connectivity index (χ3n) is 5.50. The van der Waals surface area contributed by atoms with Crippen LogP contribution in [0.3, 0.4) is 0 Å². The van der Waals surface area contributed by atoms with E-state index in [1.807, 2.05) is 42.3 Å². The highest BCUT2D eigenvalue weighted by Crippen LogP contribution is 2.38. The van der Waals surface area contributed by atoms with Crippen molar-refractivity contribution < 1.29 is 4.79 Å². The van der Waals surface area contributed by atoms with E-state index in [4.69, 9.17) is 0 Å². The van der Waals surface area contributed by atoms with E-state index < -0.39 is 0 Å². The average Bonchev–Trinajstić information content (AvgIpc) is 2.65. The lowest BCUT2D eigenvalue weighted by molar-refractivity contribution is -0.127. The standard InChI is InChI=1S/C22H26N2O/c1-15-19-13-9-10-14-20(19)23(4)17(3)21(15)22(25)24(5)16(2)18-11-7-6-8-12-18/h6-14,16-17H,1-5H3/t16-,17+/m0/s1. The van der Waals surface area contributed by atoms with Crippen LogP contribution in [0.1, 0.15) is 37.9 Å². The molecule has 0 radical (unpaired) electrons. The van der Waals surface area contributed by atoms with Crippen LogP contribution >= 0.6 is 0 Å². The highest BCUT2D eigenvalue weighted by atomic mass is 16.2. The van der Waals surface area contributed by atoms with Gasteiger partial charge < -0.3 is 9.80 Å². The second kappa shape index (κ2) is 6.75. The number of fused-ring (bicyclic) bond motifs is 1. The molecule has 1 aliphatic heterocycles. The molecule has 1 aliphatic rings. The Morgan fingerprint density at radius 1 is 1.08 bits per heavy atom. The summed E-state index contributed by atoms with van der Waals surface area (Å²) in [5.74, 6) is 0.0997. The molecule has 3 nitrogen and oxygen atoms in total. The summed E-state index contributed by atoms with van der Waals surface area (Å²) in [5.41, 5.74) is 5.44. The van der Waals surface area contributed by atoms with Gasteiger partial charge in [-0.25, -0.2) is 0 Å². The van der Waals surface area contributed by atoms with Gasteiger partial charge in [0.2, 0.25) is 0 Å². The van der Waals surface area contributed by atoms with Crippen molar-refractivity contribution in [3.63, 3.8) is 0 Å². The average molecular weight is 334 g/mol. The summed E-state index contributed by atoms with van der Waals surface area (Å²) in [6.07, 6.45) is 0. The summed E-state index contributed by atoms with van der Waals surface area (Å²) >= 11 is 0. The molecular formula is C22H26N2O. The molecule has 0 aliphatic carbocycles. The topological polar surface area (TPSA) is 23.6 Å². The van der Waals surface area contributed by atoms with Crippen molar-refractivity contribution in [3.8, 4) is 0 Å². The predicted molar refractivity (Wildman–Crippen MR) is 105 cm³/mol. The minimum atomic E-state index is 0.0312. The quantitative estimate of drug-likeness (QED) is 0.824. The number of carbonyl (C=O) groups is 1. The fourth-order valence-electron chi connectivity index (χ4n) is 3.62. The molecule has 0 saturated carbocycles. The first-order valence-corrected chi connectivity index (χ1v) is 8.78. The fraction of sp³-hybridized carbons (Fsp3) is 0.318. The highest BCUT2D eigenvalue weighted by molar-refractivity contribution is 6.05. The number of para-hydroxylation sites is 1. The lowest BCUT2D eigenvalue weighted by Crippen LogP contribution is -2.42. The van der Waals surface area contributed by atoms with Gasteiger partial charge in [-0.3, -0.25) is 4.79 Å². The Labute approximate surface area is 150 Å². The van der Waals surface area contributed by atoms with Gasteiger partial charge in [0, 0.05) is 30.9 Å². The van der Waals surface area contributed by atoms with Crippen molar-refractivity contribution in [2.45, 2.75) is 32.9 Å². The second-order valence-corrected chi connectivity index (χ2v) is 6.85. The van der Waals surface area contributed by atoms with Crippen molar-refractivity contribution in [3.05, 3.63) is 71.3 Å². The Bertz CT molecular complexity index is 810. The van der Waals surface area contributed by atoms with Gasteiger partial charge in [0.05, 0.1) is 12.1 Å². The maximum absolute atomic E-state index is 13.3. The van der Waals surface area contributed by atoms with Gasteiger partial charge in [-0.2, -0.15) is 0 Å². The van der Waals surface area contributed by atoms with E-state index in [9.17, 15) is 4.79 Å². The molecule has 3 rings (SSSR count). The van der Waals surface area contributed by atoms with Crippen LogP contribution in [0.4, 0.5) is 5.69 Å². The van der Waals surface area contributed by atoms with Gasteiger partial charge >= 0.3 is 0 Å². The zero-order valence-corrected chi connectivity index (χ0v) is 15.7. The van der Waals surface area contributed by atoms with E-state index in [0.29, 0.717) is 0 Å². The molecule has 0 unspecified atom stereocenters. The molecule has 1 amide bonds. The molecule has 2 atom stereocenters. The van der Waals surface area contributed by atoms with Gasteiger partial charge in [0.1, 0.15) is 0 Å². The van der Waals surface area contributed by atoms with Gasteiger partial charge in [0.25, 0.3) is 5.91 Å². The molecule has 3 heteroatoms. The Hall–Kier alpha value is -2.55. The van der Waals surface area contributed by atoms with Crippen LogP contribution in [-0.2, 0) is 4.79 Å². The summed E-state index contributed by atoms with van der Waals surface area (Å²) in [5, 5.41) is 0. The van der Waals surface area contributed by atoms with Crippen LogP contribution in [0.2, 0.25) is 0 Å². The molecule has 130 valence electrons. The van der Waals surface area contributed by atoms with Crippen molar-refractivity contribution in [1.82, 2.24) is 4.90 Å². The largest absolute Gasteiger partial charge is 0.367 e. The number of nitrogens with zero attached hydrogens (tertiary/aromatic N) is 2. The third kappa shape index (κ3) is 2.95. The molecule has 1 heterocycles. The number of rotatable bonds is 3. The zero-order chi connectivity index (χ0) is 18.1. The normalized spacial score (nSPS) is 18.0. The third-order valence-corrected chi connectivity index (χ3v) is 5.50. The predicted octanol–water partition coefficient (Wildman–Crippen LogP) is 4.52. The molecular weight excluding hydrogens is 308 g/mol. The molecule has 0 saturated heterocycles. The first kappa shape index (κ1) is 17.3. The maximum atomic E-state index is 13.3. The van der Waals surface area contributed by atoms with Crippen LogP contribution < -0.4 is 4.90 Å². The Balaban J connectivity index is 1.98. The summed E-state index contributed by atoms with van der Waals surface area (Å²) in [7, 11) is 3.96. The first-order chi connectivity index (χ1) is 11.9. The fourth-order valence-corrected chi connectivity index (χ4v) is 3.62. The van der Waals surface area contributed by atoms with Gasteiger partial charge in [0.15, 0.2) is 0 Å². The van der Waals surface area contributed by atoms with E-state index in [1.165, 1.54) is 5.69 Å². The minimum Gasteiger partial charge on any atom is -0.367 e. The van der Waals surface area contributed by atoms with Crippen molar-refractivity contribution in [2.75, 3.05) is 19.0 Å².